The van der Waals surface area contributed by atoms with Gasteiger partial charge in [-0.2, -0.15) is 0 Å². The van der Waals surface area contributed by atoms with Gasteiger partial charge in [-0.25, -0.2) is 0 Å². The molecule has 0 aromatic rings. The molecule has 0 aromatic heterocycles. The number of halogens is 1. The van der Waals surface area contributed by atoms with E-state index < -0.39 is 0 Å². The molecule has 0 aliphatic heterocycles. The van der Waals surface area contributed by atoms with Gasteiger partial charge in [-0.1, -0.05) is 38.3 Å². The SMILES string of the molecule is CCCC=CC1CCC(C2CCC(CCF)CC2)CC1. The van der Waals surface area contributed by atoms with E-state index in [9.17, 15) is 4.39 Å². The molecule has 2 saturated carbocycles. The Morgan fingerprint density at radius 2 is 1.50 bits per heavy atom. The van der Waals surface area contributed by atoms with Crippen LogP contribution >= 0.6 is 0 Å². The van der Waals surface area contributed by atoms with Crippen LogP contribution in [0.25, 0.3) is 0 Å². The van der Waals surface area contributed by atoms with E-state index in [-0.39, 0.29) is 6.67 Å². The molecule has 0 amide bonds. The molecule has 0 unspecified atom stereocenters. The molecule has 0 radical (unpaired) electrons. The highest BCUT2D eigenvalue weighted by Crippen LogP contribution is 2.42. The van der Waals surface area contributed by atoms with Gasteiger partial charge in [-0.05, 0) is 75.0 Å². The van der Waals surface area contributed by atoms with E-state index >= 15 is 0 Å². The molecular formula is C19H33F. The van der Waals surface area contributed by atoms with Crippen LogP contribution in [0.3, 0.4) is 0 Å². The minimum absolute atomic E-state index is 0.107. The van der Waals surface area contributed by atoms with Gasteiger partial charge >= 0.3 is 0 Å². The summed E-state index contributed by atoms with van der Waals surface area (Å²) in [7, 11) is 0. The quantitative estimate of drug-likeness (QED) is 0.500. The Bertz CT molecular complexity index is 267. The number of rotatable bonds is 6. The first-order valence-corrected chi connectivity index (χ1v) is 9.06. The molecule has 0 bridgehead atoms. The van der Waals surface area contributed by atoms with Crippen molar-refractivity contribution < 1.29 is 4.39 Å². The molecule has 0 atom stereocenters. The molecule has 2 aliphatic rings. The summed E-state index contributed by atoms with van der Waals surface area (Å²) in [6.07, 6.45) is 19.3. The average molecular weight is 280 g/mol. The molecule has 116 valence electrons. The lowest BCUT2D eigenvalue weighted by Gasteiger charge is -2.37. The van der Waals surface area contributed by atoms with Gasteiger partial charge in [0, 0.05) is 0 Å². The predicted octanol–water partition coefficient (Wildman–Crippen LogP) is 6.32. The first kappa shape index (κ1) is 16.0. The summed E-state index contributed by atoms with van der Waals surface area (Å²) in [4.78, 5) is 0. The van der Waals surface area contributed by atoms with E-state index in [1.807, 2.05) is 0 Å². The molecule has 0 saturated heterocycles. The molecule has 0 nitrogen and oxygen atoms in total. The van der Waals surface area contributed by atoms with Crippen molar-refractivity contribution in [3.05, 3.63) is 12.2 Å². The van der Waals surface area contributed by atoms with Crippen LogP contribution in [0.5, 0.6) is 0 Å². The largest absolute Gasteiger partial charge is 0.251 e. The van der Waals surface area contributed by atoms with Crippen LogP contribution in [0.4, 0.5) is 4.39 Å². The highest BCUT2D eigenvalue weighted by atomic mass is 19.1. The number of alkyl halides is 1. The van der Waals surface area contributed by atoms with Crippen LogP contribution in [0, 0.1) is 23.7 Å². The molecule has 1 heteroatoms. The summed E-state index contributed by atoms with van der Waals surface area (Å²) in [5.41, 5.74) is 0. The van der Waals surface area contributed by atoms with Gasteiger partial charge in [0.15, 0.2) is 0 Å². The Balaban J connectivity index is 1.67. The summed E-state index contributed by atoms with van der Waals surface area (Å²) in [6.45, 7) is 2.14. The van der Waals surface area contributed by atoms with Crippen LogP contribution < -0.4 is 0 Å². The van der Waals surface area contributed by atoms with Crippen molar-refractivity contribution in [3.8, 4) is 0 Å². The molecule has 0 N–H and O–H groups in total. The molecule has 20 heavy (non-hydrogen) atoms. The van der Waals surface area contributed by atoms with Crippen molar-refractivity contribution in [2.45, 2.75) is 77.6 Å². The summed E-state index contributed by atoms with van der Waals surface area (Å²) in [6, 6.07) is 0. The molecule has 2 fully saturated rings. The lowest BCUT2D eigenvalue weighted by Crippen LogP contribution is -2.25. The van der Waals surface area contributed by atoms with Gasteiger partial charge in [0.05, 0.1) is 6.67 Å². The van der Waals surface area contributed by atoms with Crippen molar-refractivity contribution in [3.63, 3.8) is 0 Å². The third kappa shape index (κ3) is 4.90. The summed E-state index contributed by atoms with van der Waals surface area (Å²) >= 11 is 0. The lowest BCUT2D eigenvalue weighted by molar-refractivity contribution is 0.149. The molecule has 0 heterocycles. The van der Waals surface area contributed by atoms with Gasteiger partial charge in [-0.15, -0.1) is 0 Å². The summed E-state index contributed by atoms with van der Waals surface area (Å²) < 4.78 is 12.4. The van der Waals surface area contributed by atoms with Gasteiger partial charge in [0.2, 0.25) is 0 Å². The Kier molecular flexibility index (Phi) is 7.10. The highest BCUT2D eigenvalue weighted by molar-refractivity contribution is 4.92. The van der Waals surface area contributed by atoms with Gasteiger partial charge in [-0.3, -0.25) is 4.39 Å². The fraction of sp³-hybridized carbons (Fsp3) is 0.895. The number of allylic oxidation sites excluding steroid dienone is 2. The topological polar surface area (TPSA) is 0 Å². The van der Waals surface area contributed by atoms with Gasteiger partial charge < -0.3 is 0 Å². The molecule has 2 rings (SSSR count). The minimum Gasteiger partial charge on any atom is -0.251 e. The maximum absolute atomic E-state index is 12.4. The zero-order valence-electron chi connectivity index (χ0n) is 13.3. The van der Waals surface area contributed by atoms with Crippen molar-refractivity contribution in [1.29, 1.82) is 0 Å². The van der Waals surface area contributed by atoms with E-state index in [1.165, 1.54) is 64.2 Å². The molecular weight excluding hydrogens is 247 g/mol. The number of unbranched alkanes of at least 4 members (excludes halogenated alkanes) is 1. The number of hydrogen-bond donors (Lipinski definition) is 0. The Hall–Kier alpha value is -0.330. The maximum atomic E-state index is 12.4. The zero-order valence-corrected chi connectivity index (χ0v) is 13.3. The monoisotopic (exact) mass is 280 g/mol. The van der Waals surface area contributed by atoms with E-state index in [0.717, 1.165) is 24.2 Å². The Morgan fingerprint density at radius 1 is 0.900 bits per heavy atom. The minimum atomic E-state index is -0.107. The van der Waals surface area contributed by atoms with E-state index in [1.54, 1.807) is 0 Å². The van der Waals surface area contributed by atoms with Crippen molar-refractivity contribution >= 4 is 0 Å². The van der Waals surface area contributed by atoms with Crippen molar-refractivity contribution in [2.75, 3.05) is 6.67 Å². The van der Waals surface area contributed by atoms with Gasteiger partial charge in [0.1, 0.15) is 0 Å². The van der Waals surface area contributed by atoms with Gasteiger partial charge in [0.25, 0.3) is 0 Å². The second-order valence-corrected chi connectivity index (χ2v) is 7.15. The highest BCUT2D eigenvalue weighted by Gasteiger charge is 2.30. The van der Waals surface area contributed by atoms with Crippen molar-refractivity contribution in [1.82, 2.24) is 0 Å². The summed E-state index contributed by atoms with van der Waals surface area (Å²) in [5, 5.41) is 0. The first-order valence-electron chi connectivity index (χ1n) is 9.06. The normalized spacial score (nSPS) is 35.5. The zero-order chi connectivity index (χ0) is 14.2. The second-order valence-electron chi connectivity index (χ2n) is 7.15. The maximum Gasteiger partial charge on any atom is 0.0897 e. The second kappa shape index (κ2) is 8.85. The van der Waals surface area contributed by atoms with Crippen LogP contribution in [0.1, 0.15) is 77.6 Å². The first-order chi connectivity index (χ1) is 9.83. The third-order valence-corrected chi connectivity index (χ3v) is 5.76. The van der Waals surface area contributed by atoms with Crippen LogP contribution in [-0.4, -0.2) is 6.67 Å². The predicted molar refractivity (Wildman–Crippen MR) is 85.5 cm³/mol. The number of hydrogen-bond acceptors (Lipinski definition) is 0. The summed E-state index contributed by atoms with van der Waals surface area (Å²) in [5.74, 6) is 3.51. The standard InChI is InChI=1S/C19H33F/c1-2-3-4-5-16-6-10-18(11-7-16)19-12-8-17(9-13-19)14-15-20/h4-5,16-19H,2-3,6-15H2,1H3. The smallest absolute Gasteiger partial charge is 0.0897 e. The lowest BCUT2D eigenvalue weighted by atomic mass is 9.69. The molecule has 2 aliphatic carbocycles. The van der Waals surface area contributed by atoms with Crippen LogP contribution in [0.15, 0.2) is 12.2 Å². The fourth-order valence-electron chi connectivity index (χ4n) is 4.37. The van der Waals surface area contributed by atoms with E-state index in [4.69, 9.17) is 0 Å². The van der Waals surface area contributed by atoms with Crippen LogP contribution in [-0.2, 0) is 0 Å². The molecule has 0 aromatic carbocycles. The Morgan fingerprint density at radius 3 is 2.05 bits per heavy atom. The van der Waals surface area contributed by atoms with Crippen molar-refractivity contribution in [2.24, 2.45) is 23.7 Å². The average Bonchev–Trinajstić information content (AvgIpc) is 2.49. The third-order valence-electron chi connectivity index (χ3n) is 5.76. The molecule has 0 spiro atoms. The fourth-order valence-corrected chi connectivity index (χ4v) is 4.37. The van der Waals surface area contributed by atoms with E-state index in [0.29, 0.717) is 5.92 Å². The van der Waals surface area contributed by atoms with Crippen LogP contribution in [0.2, 0.25) is 0 Å². The van der Waals surface area contributed by atoms with E-state index in [2.05, 4.69) is 19.1 Å². The Labute approximate surface area is 125 Å².